The first kappa shape index (κ1) is 14.3. The van der Waals surface area contributed by atoms with Crippen LogP contribution in [0.4, 0.5) is 4.39 Å². The number of phenolic OH excluding ortho intramolecular Hbond substituents is 1. The first-order valence-electron chi connectivity index (χ1n) is 6.45. The largest absolute Gasteiger partial charge is 0.508 e. The number of nitrogens with one attached hydrogen (secondary N) is 1. The lowest BCUT2D eigenvalue weighted by Gasteiger charge is -2.16. The van der Waals surface area contributed by atoms with Crippen LogP contribution < -0.4 is 10.1 Å². The SMILES string of the molecule is COc1ccc(O)c(CN[C@H](C)c2ccccc2F)c1. The third-order valence-electron chi connectivity index (χ3n) is 3.26. The minimum atomic E-state index is -0.234. The molecular weight excluding hydrogens is 257 g/mol. The average Bonchev–Trinajstić information content (AvgIpc) is 2.46. The molecule has 0 unspecified atom stereocenters. The number of hydrogen-bond acceptors (Lipinski definition) is 3. The minimum Gasteiger partial charge on any atom is -0.508 e. The van der Waals surface area contributed by atoms with Gasteiger partial charge in [-0.15, -0.1) is 0 Å². The summed E-state index contributed by atoms with van der Waals surface area (Å²) in [5, 5.41) is 13.0. The van der Waals surface area contributed by atoms with Crippen molar-refractivity contribution in [2.45, 2.75) is 19.5 Å². The molecule has 0 spiro atoms. The maximum absolute atomic E-state index is 13.7. The van der Waals surface area contributed by atoms with E-state index in [0.717, 1.165) is 0 Å². The van der Waals surface area contributed by atoms with E-state index in [4.69, 9.17) is 4.74 Å². The van der Waals surface area contributed by atoms with Crippen LogP contribution >= 0.6 is 0 Å². The van der Waals surface area contributed by atoms with Gasteiger partial charge in [0.2, 0.25) is 0 Å². The monoisotopic (exact) mass is 275 g/mol. The van der Waals surface area contributed by atoms with Gasteiger partial charge in [-0.3, -0.25) is 0 Å². The molecule has 20 heavy (non-hydrogen) atoms. The van der Waals surface area contributed by atoms with Crippen LogP contribution in [0.2, 0.25) is 0 Å². The van der Waals surface area contributed by atoms with Crippen LogP contribution in [0.1, 0.15) is 24.1 Å². The summed E-state index contributed by atoms with van der Waals surface area (Å²) < 4.78 is 18.8. The Kier molecular flexibility index (Phi) is 4.58. The quantitative estimate of drug-likeness (QED) is 0.879. The molecule has 1 atom stereocenters. The van der Waals surface area contributed by atoms with Crippen molar-refractivity contribution in [3.05, 3.63) is 59.4 Å². The molecule has 0 aliphatic rings. The molecule has 2 aromatic carbocycles. The second kappa shape index (κ2) is 6.39. The smallest absolute Gasteiger partial charge is 0.127 e. The van der Waals surface area contributed by atoms with Crippen molar-refractivity contribution in [1.29, 1.82) is 0 Å². The van der Waals surface area contributed by atoms with Crippen LogP contribution in [-0.2, 0) is 6.54 Å². The van der Waals surface area contributed by atoms with Gasteiger partial charge in [-0.1, -0.05) is 18.2 Å². The molecule has 0 radical (unpaired) electrons. The number of phenols is 1. The summed E-state index contributed by atoms with van der Waals surface area (Å²) in [6, 6.07) is 11.6. The Morgan fingerprint density at radius 1 is 1.25 bits per heavy atom. The van der Waals surface area contributed by atoms with Gasteiger partial charge in [0.25, 0.3) is 0 Å². The molecule has 0 amide bonds. The van der Waals surface area contributed by atoms with Gasteiger partial charge >= 0.3 is 0 Å². The van der Waals surface area contributed by atoms with Crippen LogP contribution in [0, 0.1) is 5.82 Å². The van der Waals surface area contributed by atoms with Gasteiger partial charge in [-0.05, 0) is 31.2 Å². The van der Waals surface area contributed by atoms with Gasteiger partial charge in [0.1, 0.15) is 17.3 Å². The summed E-state index contributed by atoms with van der Waals surface area (Å²) in [6.07, 6.45) is 0. The predicted molar refractivity (Wildman–Crippen MR) is 76.3 cm³/mol. The van der Waals surface area contributed by atoms with Gasteiger partial charge in [0.15, 0.2) is 0 Å². The van der Waals surface area contributed by atoms with Crippen molar-refractivity contribution in [3.63, 3.8) is 0 Å². The van der Waals surface area contributed by atoms with Crippen LogP contribution in [0.3, 0.4) is 0 Å². The molecule has 0 saturated heterocycles. The highest BCUT2D eigenvalue weighted by molar-refractivity contribution is 5.39. The first-order chi connectivity index (χ1) is 9.61. The summed E-state index contributed by atoms with van der Waals surface area (Å²) in [5.74, 6) is 0.638. The van der Waals surface area contributed by atoms with E-state index in [1.54, 1.807) is 43.5 Å². The minimum absolute atomic E-state index is 0.151. The maximum Gasteiger partial charge on any atom is 0.127 e. The van der Waals surface area contributed by atoms with Crippen molar-refractivity contribution in [2.75, 3.05) is 7.11 Å². The summed E-state index contributed by atoms with van der Waals surface area (Å²) in [7, 11) is 1.57. The molecule has 2 rings (SSSR count). The van der Waals surface area contributed by atoms with Gasteiger partial charge in [0.05, 0.1) is 7.11 Å². The Labute approximate surface area is 118 Å². The lowest BCUT2D eigenvalue weighted by atomic mass is 10.1. The third kappa shape index (κ3) is 3.27. The standard InChI is InChI=1S/C16H18FNO2/c1-11(14-5-3-4-6-15(14)17)18-10-12-9-13(20-2)7-8-16(12)19/h3-9,11,18-19H,10H2,1-2H3/t11-/m1/s1. The summed E-state index contributed by atoms with van der Waals surface area (Å²) in [6.45, 7) is 2.31. The molecule has 3 nitrogen and oxygen atoms in total. The number of halogens is 1. The van der Waals surface area contributed by atoms with E-state index < -0.39 is 0 Å². The molecule has 0 fully saturated rings. The van der Waals surface area contributed by atoms with E-state index in [9.17, 15) is 9.50 Å². The highest BCUT2D eigenvalue weighted by Gasteiger charge is 2.11. The lowest BCUT2D eigenvalue weighted by Crippen LogP contribution is -2.19. The highest BCUT2D eigenvalue weighted by atomic mass is 19.1. The Bertz CT molecular complexity index is 586. The molecule has 106 valence electrons. The zero-order valence-corrected chi connectivity index (χ0v) is 11.6. The number of ether oxygens (including phenoxy) is 1. The number of aromatic hydroxyl groups is 1. The molecule has 2 N–H and O–H groups in total. The molecule has 0 saturated carbocycles. The molecule has 0 aromatic heterocycles. The van der Waals surface area contributed by atoms with Gasteiger partial charge in [0, 0.05) is 23.7 Å². The lowest BCUT2D eigenvalue weighted by molar-refractivity contribution is 0.409. The second-order valence-electron chi connectivity index (χ2n) is 4.62. The number of benzene rings is 2. The summed E-state index contributed by atoms with van der Waals surface area (Å²) in [5.41, 5.74) is 1.32. The Hall–Kier alpha value is -2.07. The molecule has 0 aliphatic carbocycles. The van der Waals surface area contributed by atoms with Gasteiger partial charge in [-0.25, -0.2) is 4.39 Å². The van der Waals surface area contributed by atoms with E-state index >= 15 is 0 Å². The van der Waals surface area contributed by atoms with E-state index in [-0.39, 0.29) is 17.6 Å². The molecule has 4 heteroatoms. The molecular formula is C16H18FNO2. The van der Waals surface area contributed by atoms with Crippen LogP contribution in [0.5, 0.6) is 11.5 Å². The fraction of sp³-hybridized carbons (Fsp3) is 0.250. The summed E-state index contributed by atoms with van der Waals surface area (Å²) in [4.78, 5) is 0. The summed E-state index contributed by atoms with van der Waals surface area (Å²) >= 11 is 0. The van der Waals surface area contributed by atoms with Crippen molar-refractivity contribution < 1.29 is 14.2 Å². The molecule has 0 heterocycles. The van der Waals surface area contributed by atoms with Crippen molar-refractivity contribution >= 4 is 0 Å². The van der Waals surface area contributed by atoms with Gasteiger partial charge < -0.3 is 15.2 Å². The molecule has 0 bridgehead atoms. The highest BCUT2D eigenvalue weighted by Crippen LogP contribution is 2.24. The topological polar surface area (TPSA) is 41.5 Å². The van der Waals surface area contributed by atoms with Crippen LogP contribution in [0.25, 0.3) is 0 Å². The van der Waals surface area contributed by atoms with Crippen molar-refractivity contribution in [2.24, 2.45) is 0 Å². The maximum atomic E-state index is 13.7. The third-order valence-corrected chi connectivity index (χ3v) is 3.26. The number of rotatable bonds is 5. The predicted octanol–water partition coefficient (Wildman–Crippen LogP) is 3.39. The Balaban J connectivity index is 2.07. The fourth-order valence-corrected chi connectivity index (χ4v) is 2.03. The van der Waals surface area contributed by atoms with Crippen LogP contribution in [-0.4, -0.2) is 12.2 Å². The van der Waals surface area contributed by atoms with E-state index in [0.29, 0.717) is 23.4 Å². The van der Waals surface area contributed by atoms with E-state index in [1.165, 1.54) is 6.07 Å². The Morgan fingerprint density at radius 2 is 2.00 bits per heavy atom. The van der Waals surface area contributed by atoms with Crippen molar-refractivity contribution in [3.8, 4) is 11.5 Å². The number of hydrogen-bond donors (Lipinski definition) is 2. The first-order valence-corrected chi connectivity index (χ1v) is 6.45. The second-order valence-corrected chi connectivity index (χ2v) is 4.62. The van der Waals surface area contributed by atoms with Gasteiger partial charge in [-0.2, -0.15) is 0 Å². The molecule has 0 aliphatic heterocycles. The Morgan fingerprint density at radius 3 is 2.70 bits per heavy atom. The zero-order chi connectivity index (χ0) is 14.5. The van der Waals surface area contributed by atoms with Crippen molar-refractivity contribution in [1.82, 2.24) is 5.32 Å². The van der Waals surface area contributed by atoms with E-state index in [2.05, 4.69) is 5.32 Å². The zero-order valence-electron chi connectivity index (χ0n) is 11.6. The molecule has 2 aromatic rings. The number of methoxy groups -OCH3 is 1. The van der Waals surface area contributed by atoms with E-state index in [1.807, 2.05) is 6.92 Å². The normalized spacial score (nSPS) is 12.2. The van der Waals surface area contributed by atoms with Crippen LogP contribution in [0.15, 0.2) is 42.5 Å². The fourth-order valence-electron chi connectivity index (χ4n) is 2.03. The average molecular weight is 275 g/mol.